The van der Waals surface area contributed by atoms with Gasteiger partial charge in [-0.2, -0.15) is 0 Å². The number of anilines is 1. The molecule has 0 bridgehead atoms. The summed E-state index contributed by atoms with van der Waals surface area (Å²) in [5.74, 6) is 0.864. The summed E-state index contributed by atoms with van der Waals surface area (Å²) < 4.78 is 5.81. The van der Waals surface area contributed by atoms with Crippen molar-refractivity contribution in [2.24, 2.45) is 0 Å². The lowest BCUT2D eigenvalue weighted by molar-refractivity contribution is 0.0394. The molecule has 2 rings (SSSR count). The molecule has 0 radical (unpaired) electrons. The Bertz CT molecular complexity index is 358. The van der Waals surface area contributed by atoms with Crippen molar-refractivity contribution in [1.29, 1.82) is 0 Å². The monoisotopic (exact) mass is 268 g/mol. The summed E-state index contributed by atoms with van der Waals surface area (Å²) in [6.45, 7) is 3.65. The highest BCUT2D eigenvalue weighted by Crippen LogP contribution is 2.13. The van der Waals surface area contributed by atoms with Gasteiger partial charge in [0.15, 0.2) is 0 Å². The van der Waals surface area contributed by atoms with Gasteiger partial charge in [0.25, 0.3) is 0 Å². The molecule has 100 valence electrons. The van der Waals surface area contributed by atoms with E-state index in [0.717, 1.165) is 49.9 Å². The van der Waals surface area contributed by atoms with E-state index in [-0.39, 0.29) is 0 Å². The molecule has 0 saturated carbocycles. The van der Waals surface area contributed by atoms with Gasteiger partial charge in [0.05, 0.1) is 12.7 Å². The van der Waals surface area contributed by atoms with Crippen LogP contribution in [0.25, 0.3) is 0 Å². The minimum Gasteiger partial charge on any atom is -0.376 e. The number of nitrogens with zero attached hydrogens (tertiary/aromatic N) is 2. The normalized spacial score (nSPS) is 16.7. The molecule has 1 aromatic rings. The van der Waals surface area contributed by atoms with Crippen LogP contribution in [-0.2, 0) is 4.74 Å². The molecule has 0 unspecified atom stereocenters. The van der Waals surface area contributed by atoms with Crippen molar-refractivity contribution in [2.75, 3.05) is 37.8 Å². The highest BCUT2D eigenvalue weighted by Gasteiger charge is 2.12. The lowest BCUT2D eigenvalue weighted by atomic mass is 10.1. The van der Waals surface area contributed by atoms with E-state index >= 15 is 0 Å². The molecule has 2 heterocycles. The van der Waals surface area contributed by atoms with E-state index in [2.05, 4.69) is 20.6 Å². The standard InChI is InChI=1S/C12H20N4OS/c1-18-12-8-11(15-9-16-12)14-6-7-17-10-2-4-13-5-3-10/h8-10,13H,2-7H2,1H3,(H,14,15,16). The zero-order valence-electron chi connectivity index (χ0n) is 10.7. The van der Waals surface area contributed by atoms with Gasteiger partial charge in [0, 0.05) is 12.6 Å². The fourth-order valence-electron chi connectivity index (χ4n) is 1.91. The minimum absolute atomic E-state index is 0.417. The molecule has 5 nitrogen and oxygen atoms in total. The van der Waals surface area contributed by atoms with Crippen LogP contribution in [0.1, 0.15) is 12.8 Å². The van der Waals surface area contributed by atoms with E-state index in [1.165, 1.54) is 0 Å². The number of nitrogens with one attached hydrogen (secondary N) is 2. The summed E-state index contributed by atoms with van der Waals surface area (Å²) in [5, 5.41) is 7.56. The van der Waals surface area contributed by atoms with Crippen molar-refractivity contribution in [3.8, 4) is 0 Å². The molecule has 18 heavy (non-hydrogen) atoms. The first-order chi connectivity index (χ1) is 8.88. The van der Waals surface area contributed by atoms with Crippen LogP contribution in [0.2, 0.25) is 0 Å². The van der Waals surface area contributed by atoms with Gasteiger partial charge in [-0.1, -0.05) is 0 Å². The second-order valence-corrected chi connectivity index (χ2v) is 5.02. The van der Waals surface area contributed by atoms with Crippen molar-refractivity contribution >= 4 is 17.6 Å². The van der Waals surface area contributed by atoms with Crippen LogP contribution in [-0.4, -0.2) is 48.6 Å². The Hall–Kier alpha value is -0.850. The number of rotatable bonds is 6. The number of piperidine rings is 1. The van der Waals surface area contributed by atoms with Gasteiger partial charge in [-0.25, -0.2) is 9.97 Å². The molecular formula is C12H20N4OS. The summed E-state index contributed by atoms with van der Waals surface area (Å²) >= 11 is 1.62. The quantitative estimate of drug-likeness (QED) is 0.462. The smallest absolute Gasteiger partial charge is 0.130 e. The molecule has 0 atom stereocenters. The molecule has 0 amide bonds. The van der Waals surface area contributed by atoms with Crippen molar-refractivity contribution in [3.63, 3.8) is 0 Å². The van der Waals surface area contributed by atoms with Gasteiger partial charge in [-0.05, 0) is 32.2 Å². The second-order valence-electron chi connectivity index (χ2n) is 4.19. The Morgan fingerprint density at radius 3 is 3.06 bits per heavy atom. The average Bonchev–Trinajstić information content (AvgIpc) is 2.45. The SMILES string of the molecule is CSc1cc(NCCOC2CCNCC2)ncn1. The molecule has 0 spiro atoms. The maximum absolute atomic E-state index is 5.81. The fourth-order valence-corrected chi connectivity index (χ4v) is 2.30. The van der Waals surface area contributed by atoms with Crippen LogP contribution in [0.4, 0.5) is 5.82 Å². The van der Waals surface area contributed by atoms with Gasteiger partial charge in [-0.15, -0.1) is 11.8 Å². The zero-order valence-corrected chi connectivity index (χ0v) is 11.5. The number of aromatic nitrogens is 2. The molecular weight excluding hydrogens is 248 g/mol. The van der Waals surface area contributed by atoms with Crippen molar-refractivity contribution in [1.82, 2.24) is 15.3 Å². The molecule has 0 aliphatic carbocycles. The predicted octanol–water partition coefficient (Wildman–Crippen LogP) is 1.38. The molecule has 0 aromatic carbocycles. The predicted molar refractivity (Wildman–Crippen MR) is 74.1 cm³/mol. The zero-order chi connectivity index (χ0) is 12.6. The van der Waals surface area contributed by atoms with Gasteiger partial charge >= 0.3 is 0 Å². The maximum atomic E-state index is 5.81. The molecule has 1 aliphatic rings. The number of thioether (sulfide) groups is 1. The lowest BCUT2D eigenvalue weighted by Crippen LogP contribution is -2.33. The maximum Gasteiger partial charge on any atom is 0.130 e. The van der Waals surface area contributed by atoms with Gasteiger partial charge in [0.1, 0.15) is 17.2 Å². The van der Waals surface area contributed by atoms with Crippen LogP contribution >= 0.6 is 11.8 Å². The highest BCUT2D eigenvalue weighted by atomic mass is 32.2. The Kier molecular flexibility index (Phi) is 5.70. The van der Waals surface area contributed by atoms with Crippen LogP contribution in [0.15, 0.2) is 17.4 Å². The average molecular weight is 268 g/mol. The first kappa shape index (κ1) is 13.6. The number of ether oxygens (including phenoxy) is 1. The third-order valence-corrected chi connectivity index (χ3v) is 3.54. The molecule has 1 aromatic heterocycles. The molecule has 2 N–H and O–H groups in total. The molecule has 1 aliphatic heterocycles. The van der Waals surface area contributed by atoms with Crippen LogP contribution < -0.4 is 10.6 Å². The summed E-state index contributed by atoms with van der Waals surface area (Å²) in [7, 11) is 0. The second kappa shape index (κ2) is 7.56. The summed E-state index contributed by atoms with van der Waals surface area (Å²) in [5.41, 5.74) is 0. The van der Waals surface area contributed by atoms with Gasteiger partial charge < -0.3 is 15.4 Å². The fraction of sp³-hybridized carbons (Fsp3) is 0.667. The minimum atomic E-state index is 0.417. The van der Waals surface area contributed by atoms with E-state index in [1.54, 1.807) is 18.1 Å². The van der Waals surface area contributed by atoms with Crippen LogP contribution in [0, 0.1) is 0 Å². The number of hydrogen-bond donors (Lipinski definition) is 2. The van der Waals surface area contributed by atoms with E-state index < -0.39 is 0 Å². The largest absolute Gasteiger partial charge is 0.376 e. The van der Waals surface area contributed by atoms with Crippen LogP contribution in [0.5, 0.6) is 0 Å². The molecule has 6 heteroatoms. The van der Waals surface area contributed by atoms with E-state index in [9.17, 15) is 0 Å². The van der Waals surface area contributed by atoms with Crippen LogP contribution in [0.3, 0.4) is 0 Å². The Labute approximate surface area is 112 Å². The Balaban J connectivity index is 1.65. The lowest BCUT2D eigenvalue weighted by Gasteiger charge is -2.23. The molecule has 1 fully saturated rings. The Morgan fingerprint density at radius 2 is 2.28 bits per heavy atom. The summed E-state index contributed by atoms with van der Waals surface area (Å²) in [6, 6.07) is 1.95. The van der Waals surface area contributed by atoms with Gasteiger partial charge in [0.2, 0.25) is 0 Å². The van der Waals surface area contributed by atoms with Crippen molar-refractivity contribution < 1.29 is 4.74 Å². The summed E-state index contributed by atoms with van der Waals surface area (Å²) in [4.78, 5) is 8.30. The van der Waals surface area contributed by atoms with E-state index in [1.807, 2.05) is 12.3 Å². The first-order valence-electron chi connectivity index (χ1n) is 6.30. The molecule has 1 saturated heterocycles. The van der Waals surface area contributed by atoms with Crippen molar-refractivity contribution in [3.05, 3.63) is 12.4 Å². The first-order valence-corrected chi connectivity index (χ1v) is 7.53. The highest BCUT2D eigenvalue weighted by molar-refractivity contribution is 7.98. The third kappa shape index (κ3) is 4.44. The Morgan fingerprint density at radius 1 is 1.44 bits per heavy atom. The summed E-state index contributed by atoms with van der Waals surface area (Å²) in [6.07, 6.45) is 6.24. The van der Waals surface area contributed by atoms with Gasteiger partial charge in [-0.3, -0.25) is 0 Å². The third-order valence-electron chi connectivity index (χ3n) is 2.90. The van der Waals surface area contributed by atoms with E-state index in [4.69, 9.17) is 4.74 Å². The topological polar surface area (TPSA) is 59.1 Å². The van der Waals surface area contributed by atoms with E-state index in [0.29, 0.717) is 6.10 Å². The van der Waals surface area contributed by atoms with Crippen molar-refractivity contribution in [2.45, 2.75) is 24.0 Å². The number of hydrogen-bond acceptors (Lipinski definition) is 6.